The van der Waals surface area contributed by atoms with Gasteiger partial charge in [-0.15, -0.1) is 0 Å². The molecule has 0 saturated carbocycles. The molecule has 0 aliphatic carbocycles. The molecule has 1 aliphatic heterocycles. The van der Waals surface area contributed by atoms with E-state index in [1.165, 1.54) is 0 Å². The van der Waals surface area contributed by atoms with Crippen LogP contribution in [0.1, 0.15) is 37.7 Å². The summed E-state index contributed by atoms with van der Waals surface area (Å²) < 4.78 is 5.32. The minimum Gasteiger partial charge on any atom is -0.399 e. The Kier molecular flexibility index (Phi) is 5.41. The lowest BCUT2D eigenvalue weighted by Gasteiger charge is -2.13. The molecule has 4 heteroatoms. The molecule has 1 fully saturated rings. The van der Waals surface area contributed by atoms with Gasteiger partial charge < -0.3 is 15.8 Å². The molecule has 0 spiro atoms. The maximum atomic E-state index is 11.9. The first kappa shape index (κ1) is 14.9. The first-order valence-electron chi connectivity index (χ1n) is 7.35. The zero-order chi connectivity index (χ0) is 14.4. The fourth-order valence-corrected chi connectivity index (χ4v) is 2.52. The minimum absolute atomic E-state index is 0.119. The van der Waals surface area contributed by atoms with Crippen molar-refractivity contribution in [1.29, 1.82) is 0 Å². The Bertz CT molecular complexity index is 425. The maximum Gasteiger partial charge on any atom is 0.220 e. The number of hydrogen-bond acceptors (Lipinski definition) is 3. The third kappa shape index (κ3) is 4.53. The van der Waals surface area contributed by atoms with E-state index >= 15 is 0 Å². The summed E-state index contributed by atoms with van der Waals surface area (Å²) in [7, 11) is 0. The Labute approximate surface area is 120 Å². The number of ether oxygens (including phenoxy) is 1. The summed E-state index contributed by atoms with van der Waals surface area (Å²) in [5.74, 6) is 0.948. The minimum atomic E-state index is 0.119. The van der Waals surface area contributed by atoms with E-state index in [9.17, 15) is 4.79 Å². The van der Waals surface area contributed by atoms with E-state index in [1.54, 1.807) is 0 Å². The normalized spacial score (nSPS) is 19.8. The van der Waals surface area contributed by atoms with Crippen molar-refractivity contribution < 1.29 is 9.53 Å². The monoisotopic (exact) mass is 276 g/mol. The van der Waals surface area contributed by atoms with Crippen LogP contribution in [-0.2, 0) is 9.53 Å². The van der Waals surface area contributed by atoms with E-state index in [1.807, 2.05) is 24.3 Å². The highest BCUT2D eigenvalue weighted by Gasteiger charge is 2.16. The van der Waals surface area contributed by atoms with Crippen LogP contribution in [0.25, 0.3) is 0 Å². The third-order valence-electron chi connectivity index (χ3n) is 3.90. The zero-order valence-corrected chi connectivity index (χ0v) is 12.1. The molecule has 110 valence electrons. The topological polar surface area (TPSA) is 64.3 Å². The van der Waals surface area contributed by atoms with Gasteiger partial charge in [-0.3, -0.25) is 4.79 Å². The van der Waals surface area contributed by atoms with Crippen LogP contribution < -0.4 is 11.1 Å². The van der Waals surface area contributed by atoms with Crippen LogP contribution in [0, 0.1) is 5.92 Å². The maximum absolute atomic E-state index is 11.9. The molecular weight excluding hydrogens is 252 g/mol. The molecule has 1 aliphatic rings. The molecule has 0 radical (unpaired) electrons. The number of carbonyl (C=O) groups is 1. The van der Waals surface area contributed by atoms with Crippen molar-refractivity contribution in [3.05, 3.63) is 29.8 Å². The molecule has 2 rings (SSSR count). The van der Waals surface area contributed by atoms with Gasteiger partial charge in [0.05, 0.1) is 0 Å². The molecule has 1 amide bonds. The van der Waals surface area contributed by atoms with E-state index in [0.717, 1.165) is 43.9 Å². The first-order chi connectivity index (χ1) is 9.65. The Hall–Kier alpha value is -1.55. The lowest BCUT2D eigenvalue weighted by molar-refractivity contribution is -0.121. The van der Waals surface area contributed by atoms with Crippen molar-refractivity contribution in [2.24, 2.45) is 5.92 Å². The molecule has 20 heavy (non-hydrogen) atoms. The molecule has 2 unspecified atom stereocenters. The fourth-order valence-electron chi connectivity index (χ4n) is 2.52. The summed E-state index contributed by atoms with van der Waals surface area (Å²) in [5, 5.41) is 3.00. The highest BCUT2D eigenvalue weighted by atomic mass is 16.5. The summed E-state index contributed by atoms with van der Waals surface area (Å²) in [6.07, 6.45) is 2.66. The van der Waals surface area contributed by atoms with Gasteiger partial charge in [-0.05, 0) is 42.4 Å². The van der Waals surface area contributed by atoms with Crippen molar-refractivity contribution in [3.63, 3.8) is 0 Å². The standard InChI is InChI=1S/C16H24N2O2/c1-12(14-2-4-15(17)5-3-14)10-16(19)18-8-6-13-7-9-20-11-13/h2-5,12-13H,6-11,17H2,1H3,(H,18,19). The highest BCUT2D eigenvalue weighted by Crippen LogP contribution is 2.20. The van der Waals surface area contributed by atoms with E-state index in [0.29, 0.717) is 12.3 Å². The molecule has 0 bridgehead atoms. The van der Waals surface area contributed by atoms with Crippen molar-refractivity contribution in [2.75, 3.05) is 25.5 Å². The van der Waals surface area contributed by atoms with Crippen LogP contribution in [0.5, 0.6) is 0 Å². The average Bonchev–Trinajstić information content (AvgIpc) is 2.92. The number of hydrogen-bond donors (Lipinski definition) is 2. The van der Waals surface area contributed by atoms with E-state index < -0.39 is 0 Å². The number of nitrogens with one attached hydrogen (secondary N) is 1. The highest BCUT2D eigenvalue weighted by molar-refractivity contribution is 5.76. The number of nitrogens with two attached hydrogens (primary N) is 1. The van der Waals surface area contributed by atoms with Gasteiger partial charge in [0.15, 0.2) is 0 Å². The largest absolute Gasteiger partial charge is 0.399 e. The van der Waals surface area contributed by atoms with Crippen LogP contribution in [0.2, 0.25) is 0 Å². The SMILES string of the molecule is CC(CC(=O)NCCC1CCOC1)c1ccc(N)cc1. The number of carbonyl (C=O) groups excluding carboxylic acids is 1. The third-order valence-corrected chi connectivity index (χ3v) is 3.90. The predicted molar refractivity (Wildman–Crippen MR) is 80.4 cm³/mol. The molecular formula is C16H24N2O2. The molecule has 4 nitrogen and oxygen atoms in total. The number of amides is 1. The van der Waals surface area contributed by atoms with Crippen LogP contribution in [0.15, 0.2) is 24.3 Å². The second-order valence-corrected chi connectivity index (χ2v) is 5.64. The van der Waals surface area contributed by atoms with Crippen LogP contribution in [0.4, 0.5) is 5.69 Å². The molecule has 1 aromatic carbocycles. The van der Waals surface area contributed by atoms with E-state index in [2.05, 4.69) is 12.2 Å². The van der Waals surface area contributed by atoms with Gasteiger partial charge in [-0.2, -0.15) is 0 Å². The van der Waals surface area contributed by atoms with Gasteiger partial charge in [0.25, 0.3) is 0 Å². The number of benzene rings is 1. The fraction of sp³-hybridized carbons (Fsp3) is 0.562. The zero-order valence-electron chi connectivity index (χ0n) is 12.1. The molecule has 0 aromatic heterocycles. The molecule has 3 N–H and O–H groups in total. The Morgan fingerprint density at radius 2 is 2.20 bits per heavy atom. The van der Waals surface area contributed by atoms with Crippen LogP contribution in [-0.4, -0.2) is 25.7 Å². The van der Waals surface area contributed by atoms with Crippen molar-refractivity contribution in [1.82, 2.24) is 5.32 Å². The van der Waals surface area contributed by atoms with Gasteiger partial charge >= 0.3 is 0 Å². The van der Waals surface area contributed by atoms with E-state index in [4.69, 9.17) is 10.5 Å². The Morgan fingerprint density at radius 1 is 1.45 bits per heavy atom. The second-order valence-electron chi connectivity index (χ2n) is 5.64. The average molecular weight is 276 g/mol. The first-order valence-corrected chi connectivity index (χ1v) is 7.35. The summed E-state index contributed by atoms with van der Waals surface area (Å²) >= 11 is 0. The number of rotatable bonds is 6. The predicted octanol–water partition coefficient (Wildman–Crippen LogP) is 2.31. The van der Waals surface area contributed by atoms with Crippen molar-refractivity contribution >= 4 is 11.6 Å². The molecule has 2 atom stereocenters. The lowest BCUT2D eigenvalue weighted by Crippen LogP contribution is -2.27. The Balaban J connectivity index is 1.69. The lowest BCUT2D eigenvalue weighted by atomic mass is 9.97. The van der Waals surface area contributed by atoms with Crippen molar-refractivity contribution in [2.45, 2.75) is 32.1 Å². The smallest absolute Gasteiger partial charge is 0.220 e. The van der Waals surface area contributed by atoms with Gasteiger partial charge in [0.1, 0.15) is 0 Å². The molecule has 1 aromatic rings. The van der Waals surface area contributed by atoms with Gasteiger partial charge in [0, 0.05) is 31.9 Å². The summed E-state index contributed by atoms with van der Waals surface area (Å²) in [6, 6.07) is 7.74. The summed E-state index contributed by atoms with van der Waals surface area (Å²) in [6.45, 7) is 4.53. The summed E-state index contributed by atoms with van der Waals surface area (Å²) in [5.41, 5.74) is 7.57. The number of anilines is 1. The van der Waals surface area contributed by atoms with Crippen molar-refractivity contribution in [3.8, 4) is 0 Å². The summed E-state index contributed by atoms with van der Waals surface area (Å²) in [4.78, 5) is 11.9. The van der Waals surface area contributed by atoms with Crippen LogP contribution in [0.3, 0.4) is 0 Å². The quantitative estimate of drug-likeness (QED) is 0.784. The van der Waals surface area contributed by atoms with E-state index in [-0.39, 0.29) is 11.8 Å². The van der Waals surface area contributed by atoms with Crippen LogP contribution >= 0.6 is 0 Å². The second kappa shape index (κ2) is 7.29. The van der Waals surface area contributed by atoms with Gasteiger partial charge in [0.2, 0.25) is 5.91 Å². The molecule has 1 heterocycles. The molecule has 1 saturated heterocycles. The van der Waals surface area contributed by atoms with Gasteiger partial charge in [-0.25, -0.2) is 0 Å². The number of nitrogen functional groups attached to an aromatic ring is 1. The van der Waals surface area contributed by atoms with Gasteiger partial charge in [-0.1, -0.05) is 19.1 Å². The Morgan fingerprint density at radius 3 is 2.85 bits per heavy atom.